The highest BCUT2D eigenvalue weighted by molar-refractivity contribution is 6.32. The second-order valence-electron chi connectivity index (χ2n) is 6.38. The molecule has 0 aliphatic carbocycles. The van der Waals surface area contributed by atoms with Gasteiger partial charge in [0.15, 0.2) is 6.61 Å². The average Bonchev–Trinajstić information content (AvgIpc) is 2.62. The molecule has 0 amide bonds. The summed E-state index contributed by atoms with van der Waals surface area (Å²) in [6, 6.07) is 10.3. The first kappa shape index (κ1) is 19.0. The summed E-state index contributed by atoms with van der Waals surface area (Å²) in [7, 11) is 0. The summed E-state index contributed by atoms with van der Waals surface area (Å²) in [6.07, 6.45) is 0. The Labute approximate surface area is 161 Å². The summed E-state index contributed by atoms with van der Waals surface area (Å²) in [4.78, 5) is 23.8. The molecule has 27 heavy (non-hydrogen) atoms. The molecule has 0 aliphatic heterocycles. The van der Waals surface area contributed by atoms with E-state index in [9.17, 15) is 9.59 Å². The highest BCUT2D eigenvalue weighted by Gasteiger charge is 2.11. The summed E-state index contributed by atoms with van der Waals surface area (Å²) in [5, 5.41) is 1.18. The molecule has 0 spiro atoms. The third kappa shape index (κ3) is 4.49. The first-order valence-electron chi connectivity index (χ1n) is 8.42. The number of fused-ring (bicyclic) bond motifs is 1. The van der Waals surface area contributed by atoms with E-state index < -0.39 is 11.6 Å². The number of carbonyl (C=O) groups is 1. The number of benzene rings is 2. The van der Waals surface area contributed by atoms with Gasteiger partial charge in [-0.25, -0.2) is 9.59 Å². The molecule has 0 radical (unpaired) electrons. The molecule has 3 rings (SSSR count). The van der Waals surface area contributed by atoms with Crippen molar-refractivity contribution in [2.45, 2.75) is 27.4 Å². The molecular weight excluding hydrogens is 368 g/mol. The quantitative estimate of drug-likeness (QED) is 0.477. The minimum atomic E-state index is -0.534. The van der Waals surface area contributed by atoms with Crippen molar-refractivity contribution in [2.75, 3.05) is 6.61 Å². The number of ether oxygens (including phenoxy) is 2. The summed E-state index contributed by atoms with van der Waals surface area (Å²) < 4.78 is 15.9. The zero-order valence-corrected chi connectivity index (χ0v) is 16.1. The fourth-order valence-corrected chi connectivity index (χ4v) is 2.78. The lowest BCUT2D eigenvalue weighted by Gasteiger charge is -2.10. The van der Waals surface area contributed by atoms with Crippen LogP contribution in [0.3, 0.4) is 0 Å². The van der Waals surface area contributed by atoms with Gasteiger partial charge >= 0.3 is 11.6 Å². The van der Waals surface area contributed by atoms with Crippen molar-refractivity contribution in [3.8, 4) is 5.75 Å². The Balaban J connectivity index is 1.69. The summed E-state index contributed by atoms with van der Waals surface area (Å²) in [5.74, 6) is 0.0657. The molecule has 0 aliphatic rings. The standard InChI is InChI=1S/C21H19ClO5/c1-12-4-5-16(6-13(12)2)25-11-21(24)26-10-15-8-20(23)27-19-7-14(3)18(22)9-17(15)19/h4-9H,10-11H2,1-3H3. The minimum absolute atomic E-state index is 0.0728. The maximum Gasteiger partial charge on any atom is 0.344 e. The zero-order chi connectivity index (χ0) is 19.6. The van der Waals surface area contributed by atoms with Gasteiger partial charge < -0.3 is 13.9 Å². The Hall–Kier alpha value is -2.79. The second kappa shape index (κ2) is 7.84. The van der Waals surface area contributed by atoms with Gasteiger partial charge in [-0.2, -0.15) is 0 Å². The van der Waals surface area contributed by atoms with Crippen LogP contribution in [-0.2, 0) is 16.1 Å². The van der Waals surface area contributed by atoms with Crippen LogP contribution >= 0.6 is 11.6 Å². The monoisotopic (exact) mass is 386 g/mol. The van der Waals surface area contributed by atoms with Crippen LogP contribution in [0.2, 0.25) is 5.02 Å². The van der Waals surface area contributed by atoms with E-state index in [-0.39, 0.29) is 13.2 Å². The van der Waals surface area contributed by atoms with Gasteiger partial charge in [-0.3, -0.25) is 0 Å². The van der Waals surface area contributed by atoms with Crippen molar-refractivity contribution in [1.82, 2.24) is 0 Å². The van der Waals surface area contributed by atoms with Crippen LogP contribution in [-0.4, -0.2) is 12.6 Å². The Morgan fingerprint density at radius 2 is 1.81 bits per heavy atom. The van der Waals surface area contributed by atoms with Gasteiger partial charge in [0, 0.05) is 22.0 Å². The molecule has 1 heterocycles. The molecule has 0 fully saturated rings. The fourth-order valence-electron chi connectivity index (χ4n) is 2.61. The maximum atomic E-state index is 12.0. The Morgan fingerprint density at radius 3 is 2.56 bits per heavy atom. The zero-order valence-electron chi connectivity index (χ0n) is 15.3. The van der Waals surface area contributed by atoms with Gasteiger partial charge in [-0.1, -0.05) is 17.7 Å². The molecule has 5 nitrogen and oxygen atoms in total. The van der Waals surface area contributed by atoms with E-state index >= 15 is 0 Å². The highest BCUT2D eigenvalue weighted by atomic mass is 35.5. The van der Waals surface area contributed by atoms with Crippen LogP contribution in [0, 0.1) is 20.8 Å². The normalized spacial score (nSPS) is 10.8. The second-order valence-corrected chi connectivity index (χ2v) is 6.79. The Bertz CT molecular complexity index is 1070. The SMILES string of the molecule is Cc1ccc(OCC(=O)OCc2cc(=O)oc3cc(C)c(Cl)cc23)cc1C. The average molecular weight is 387 g/mol. The van der Waals surface area contributed by atoms with E-state index in [2.05, 4.69) is 0 Å². The molecule has 3 aromatic rings. The van der Waals surface area contributed by atoms with Crippen LogP contribution in [0.5, 0.6) is 5.75 Å². The third-order valence-electron chi connectivity index (χ3n) is 4.33. The van der Waals surface area contributed by atoms with E-state index in [1.165, 1.54) is 6.07 Å². The van der Waals surface area contributed by atoms with E-state index in [4.69, 9.17) is 25.5 Å². The number of rotatable bonds is 5. The molecule has 6 heteroatoms. The number of aryl methyl sites for hydroxylation is 3. The number of carbonyl (C=O) groups excluding carboxylic acids is 1. The number of halogens is 1. The van der Waals surface area contributed by atoms with E-state index in [1.807, 2.05) is 32.9 Å². The van der Waals surface area contributed by atoms with Crippen LogP contribution in [0.15, 0.2) is 45.6 Å². The minimum Gasteiger partial charge on any atom is -0.482 e. The van der Waals surface area contributed by atoms with Gasteiger partial charge in [-0.05, 0) is 61.7 Å². The molecule has 140 valence electrons. The molecular formula is C21H19ClO5. The lowest BCUT2D eigenvalue weighted by molar-refractivity contribution is -0.147. The van der Waals surface area contributed by atoms with Gasteiger partial charge in [0.25, 0.3) is 0 Å². The van der Waals surface area contributed by atoms with E-state index in [0.29, 0.717) is 27.3 Å². The molecule has 0 bridgehead atoms. The van der Waals surface area contributed by atoms with Gasteiger partial charge in [0.05, 0.1) is 0 Å². The molecule has 1 aromatic heterocycles. The van der Waals surface area contributed by atoms with Crippen molar-refractivity contribution >= 4 is 28.5 Å². The molecule has 0 saturated carbocycles. The number of hydrogen-bond acceptors (Lipinski definition) is 5. The van der Waals surface area contributed by atoms with Crippen LogP contribution in [0.25, 0.3) is 11.0 Å². The van der Waals surface area contributed by atoms with Crippen LogP contribution in [0.4, 0.5) is 0 Å². The summed E-state index contributed by atoms with van der Waals surface area (Å²) in [6.45, 7) is 5.50. The summed E-state index contributed by atoms with van der Waals surface area (Å²) in [5.41, 5.74) is 3.44. The first-order chi connectivity index (χ1) is 12.8. The lowest BCUT2D eigenvalue weighted by atomic mass is 10.1. The van der Waals surface area contributed by atoms with Gasteiger partial charge in [0.2, 0.25) is 0 Å². The largest absolute Gasteiger partial charge is 0.482 e. The fraction of sp³-hybridized carbons (Fsp3) is 0.238. The predicted octanol–water partition coefficient (Wildman–Crippen LogP) is 4.49. The lowest BCUT2D eigenvalue weighted by Crippen LogP contribution is -2.15. The maximum absolute atomic E-state index is 12.0. The smallest absolute Gasteiger partial charge is 0.344 e. The molecule has 0 atom stereocenters. The Kier molecular flexibility index (Phi) is 5.51. The third-order valence-corrected chi connectivity index (χ3v) is 4.74. The molecule has 0 saturated heterocycles. The van der Waals surface area contributed by atoms with Gasteiger partial charge in [0.1, 0.15) is 17.9 Å². The number of hydrogen-bond donors (Lipinski definition) is 0. The van der Waals surface area contributed by atoms with Crippen molar-refractivity contribution < 1.29 is 18.7 Å². The first-order valence-corrected chi connectivity index (χ1v) is 8.80. The Morgan fingerprint density at radius 1 is 1.04 bits per heavy atom. The topological polar surface area (TPSA) is 65.7 Å². The summed E-state index contributed by atoms with van der Waals surface area (Å²) >= 11 is 6.16. The predicted molar refractivity (Wildman–Crippen MR) is 103 cm³/mol. The van der Waals surface area contributed by atoms with Crippen molar-refractivity contribution in [3.05, 3.63) is 74.1 Å². The molecule has 2 aromatic carbocycles. The van der Waals surface area contributed by atoms with Crippen LogP contribution < -0.4 is 10.4 Å². The highest BCUT2D eigenvalue weighted by Crippen LogP contribution is 2.25. The van der Waals surface area contributed by atoms with E-state index in [0.717, 1.165) is 16.7 Å². The van der Waals surface area contributed by atoms with Crippen LogP contribution in [0.1, 0.15) is 22.3 Å². The van der Waals surface area contributed by atoms with Crippen molar-refractivity contribution in [1.29, 1.82) is 0 Å². The van der Waals surface area contributed by atoms with E-state index in [1.54, 1.807) is 18.2 Å². The van der Waals surface area contributed by atoms with Crippen molar-refractivity contribution in [2.24, 2.45) is 0 Å². The number of esters is 1. The van der Waals surface area contributed by atoms with Gasteiger partial charge in [-0.15, -0.1) is 0 Å². The van der Waals surface area contributed by atoms with Crippen molar-refractivity contribution in [3.63, 3.8) is 0 Å². The molecule has 0 unspecified atom stereocenters. The molecule has 0 N–H and O–H groups in total.